The highest BCUT2D eigenvalue weighted by Gasteiger charge is 2.30. The van der Waals surface area contributed by atoms with Crippen LogP contribution in [0.4, 0.5) is 23.7 Å². The van der Waals surface area contributed by atoms with Gasteiger partial charge in [0.15, 0.2) is 0 Å². The van der Waals surface area contributed by atoms with Crippen molar-refractivity contribution < 1.29 is 23.1 Å². The van der Waals surface area contributed by atoms with Gasteiger partial charge in [0.25, 0.3) is 0 Å². The number of hydrogen-bond donors (Lipinski definition) is 3. The van der Waals surface area contributed by atoms with Crippen LogP contribution in [0.5, 0.6) is 5.75 Å². The average Bonchev–Trinajstić information content (AvgIpc) is 2.06. The first-order valence-electron chi connectivity index (χ1n) is 4.23. The van der Waals surface area contributed by atoms with Gasteiger partial charge in [-0.15, -0.1) is 0 Å². The zero-order chi connectivity index (χ0) is 12.3. The number of rotatable bonds is 1. The number of anilines is 1. The van der Waals surface area contributed by atoms with Crippen molar-refractivity contribution in [3.8, 4) is 5.75 Å². The number of alkyl halides is 3. The molecule has 0 bridgehead atoms. The van der Waals surface area contributed by atoms with Crippen LogP contribution in [0.25, 0.3) is 0 Å². The summed E-state index contributed by atoms with van der Waals surface area (Å²) in [5, 5.41) is 11.9. The Hall–Kier alpha value is -1.92. The number of aromatic hydroxyl groups is 1. The molecule has 16 heavy (non-hydrogen) atoms. The molecular formula is C9H9F3N2O2. The zero-order valence-electron chi connectivity index (χ0n) is 8.22. The maximum Gasteiger partial charge on any atom is 0.485 e. The van der Waals surface area contributed by atoms with Crippen LogP contribution in [-0.4, -0.2) is 17.4 Å². The van der Waals surface area contributed by atoms with Crippen molar-refractivity contribution in [2.24, 2.45) is 0 Å². The molecule has 0 atom stereocenters. The van der Waals surface area contributed by atoms with Gasteiger partial charge in [-0.2, -0.15) is 13.2 Å². The minimum Gasteiger partial charge on any atom is -0.508 e. The normalized spacial score (nSPS) is 11.0. The summed E-state index contributed by atoms with van der Waals surface area (Å²) in [4.78, 5) is 10.9. The number of halogens is 3. The standard InChI is InChI=1S/C9H9F3N2O2/c1-5-4-6(15)2-3-7(5)13-8(16)14-9(10,11)12/h2-4,15H,1H3,(H2,13,14,16). The third-order valence-corrected chi connectivity index (χ3v) is 1.71. The Morgan fingerprint density at radius 2 is 2.00 bits per heavy atom. The maximum atomic E-state index is 11.8. The van der Waals surface area contributed by atoms with Crippen molar-refractivity contribution in [2.45, 2.75) is 13.2 Å². The summed E-state index contributed by atoms with van der Waals surface area (Å²) in [6, 6.07) is 2.52. The third kappa shape index (κ3) is 3.68. The zero-order valence-corrected chi connectivity index (χ0v) is 8.22. The third-order valence-electron chi connectivity index (χ3n) is 1.71. The van der Waals surface area contributed by atoms with Gasteiger partial charge in [0.1, 0.15) is 5.75 Å². The molecule has 0 unspecified atom stereocenters. The lowest BCUT2D eigenvalue weighted by molar-refractivity contribution is -0.144. The van der Waals surface area contributed by atoms with E-state index in [9.17, 15) is 18.0 Å². The quantitative estimate of drug-likeness (QED) is 0.516. The second kappa shape index (κ2) is 4.30. The van der Waals surface area contributed by atoms with Crippen LogP contribution in [0, 0.1) is 6.92 Å². The van der Waals surface area contributed by atoms with Crippen molar-refractivity contribution in [3.05, 3.63) is 23.8 Å². The first kappa shape index (κ1) is 12.2. The van der Waals surface area contributed by atoms with Gasteiger partial charge in [-0.25, -0.2) is 10.1 Å². The highest BCUT2D eigenvalue weighted by molar-refractivity contribution is 5.90. The predicted octanol–water partition coefficient (Wildman–Crippen LogP) is 2.34. The first-order chi connectivity index (χ1) is 7.28. The van der Waals surface area contributed by atoms with Crippen LogP contribution in [0.3, 0.4) is 0 Å². The molecular weight excluding hydrogens is 225 g/mol. The summed E-state index contributed by atoms with van der Waals surface area (Å²) in [5.74, 6) is -0.0284. The van der Waals surface area contributed by atoms with Crippen molar-refractivity contribution >= 4 is 11.7 Å². The van der Waals surface area contributed by atoms with E-state index in [2.05, 4.69) is 0 Å². The molecule has 1 aromatic rings. The van der Waals surface area contributed by atoms with E-state index in [1.807, 2.05) is 5.32 Å². The van der Waals surface area contributed by atoms with Crippen LogP contribution >= 0.6 is 0 Å². The first-order valence-corrected chi connectivity index (χ1v) is 4.23. The fourth-order valence-electron chi connectivity index (χ4n) is 1.07. The number of hydrogen-bond acceptors (Lipinski definition) is 2. The van der Waals surface area contributed by atoms with Crippen LogP contribution in [0.15, 0.2) is 18.2 Å². The van der Waals surface area contributed by atoms with E-state index in [0.29, 0.717) is 5.56 Å². The summed E-state index contributed by atoms with van der Waals surface area (Å²) in [5.41, 5.74) is 0.650. The summed E-state index contributed by atoms with van der Waals surface area (Å²) in [6.07, 6.45) is -4.77. The SMILES string of the molecule is Cc1cc(O)ccc1NC(=O)NC(F)(F)F. The van der Waals surface area contributed by atoms with Crippen molar-refractivity contribution in [1.29, 1.82) is 0 Å². The van der Waals surface area contributed by atoms with Gasteiger partial charge in [-0.3, -0.25) is 0 Å². The molecule has 0 radical (unpaired) electrons. The number of phenols is 1. The van der Waals surface area contributed by atoms with E-state index >= 15 is 0 Å². The average molecular weight is 234 g/mol. The Morgan fingerprint density at radius 3 is 2.50 bits per heavy atom. The monoisotopic (exact) mass is 234 g/mol. The summed E-state index contributed by atoms with van der Waals surface area (Å²) < 4.78 is 35.3. The topological polar surface area (TPSA) is 61.4 Å². The lowest BCUT2D eigenvalue weighted by Gasteiger charge is -2.11. The molecule has 1 rings (SSSR count). The highest BCUT2D eigenvalue weighted by Crippen LogP contribution is 2.20. The Labute approximate surface area is 89.1 Å². The summed E-state index contributed by atoms with van der Waals surface area (Å²) in [6.45, 7) is 1.54. The van der Waals surface area contributed by atoms with Crippen LogP contribution < -0.4 is 10.6 Å². The number of benzene rings is 1. The van der Waals surface area contributed by atoms with Crippen molar-refractivity contribution in [3.63, 3.8) is 0 Å². The Balaban J connectivity index is 2.70. The van der Waals surface area contributed by atoms with Gasteiger partial charge >= 0.3 is 12.3 Å². The number of carbonyl (C=O) groups excluding carboxylic acids is 1. The van der Waals surface area contributed by atoms with Gasteiger partial charge in [0.05, 0.1) is 0 Å². The minimum atomic E-state index is -4.77. The van der Waals surface area contributed by atoms with E-state index in [-0.39, 0.29) is 11.4 Å². The molecule has 0 aromatic heterocycles. The van der Waals surface area contributed by atoms with Crippen LogP contribution in [0.1, 0.15) is 5.56 Å². The van der Waals surface area contributed by atoms with Gasteiger partial charge < -0.3 is 10.4 Å². The minimum absolute atomic E-state index is 0.0284. The Bertz CT molecular complexity index is 404. The van der Waals surface area contributed by atoms with Crippen molar-refractivity contribution in [1.82, 2.24) is 5.32 Å². The molecule has 0 spiro atoms. The molecule has 0 heterocycles. The summed E-state index contributed by atoms with van der Waals surface area (Å²) >= 11 is 0. The number of carbonyl (C=O) groups is 1. The number of phenolic OH excluding ortho intramolecular Hbond substituents is 1. The second-order valence-electron chi connectivity index (χ2n) is 3.08. The molecule has 0 aliphatic rings. The molecule has 3 N–H and O–H groups in total. The number of amides is 2. The predicted molar refractivity (Wildman–Crippen MR) is 51.1 cm³/mol. The Morgan fingerprint density at radius 1 is 1.38 bits per heavy atom. The lowest BCUT2D eigenvalue weighted by Crippen LogP contribution is -2.40. The van der Waals surface area contributed by atoms with Gasteiger partial charge in [-0.1, -0.05) is 0 Å². The molecule has 0 aliphatic carbocycles. The summed E-state index contributed by atoms with van der Waals surface area (Å²) in [7, 11) is 0. The van der Waals surface area contributed by atoms with E-state index in [0.717, 1.165) is 5.32 Å². The lowest BCUT2D eigenvalue weighted by atomic mass is 10.2. The molecule has 0 saturated heterocycles. The largest absolute Gasteiger partial charge is 0.508 e. The number of aryl methyl sites for hydroxylation is 1. The fourth-order valence-corrected chi connectivity index (χ4v) is 1.07. The molecule has 4 nitrogen and oxygen atoms in total. The maximum absolute atomic E-state index is 11.8. The smallest absolute Gasteiger partial charge is 0.485 e. The molecule has 0 saturated carbocycles. The van der Waals surface area contributed by atoms with E-state index < -0.39 is 12.3 Å². The van der Waals surface area contributed by atoms with Crippen LogP contribution in [0.2, 0.25) is 0 Å². The van der Waals surface area contributed by atoms with E-state index in [1.165, 1.54) is 18.2 Å². The molecule has 88 valence electrons. The molecule has 2 amide bonds. The molecule has 7 heteroatoms. The molecule has 1 aromatic carbocycles. The van der Waals surface area contributed by atoms with Gasteiger partial charge in [-0.05, 0) is 30.7 Å². The number of nitrogens with one attached hydrogen (secondary N) is 2. The van der Waals surface area contributed by atoms with E-state index in [1.54, 1.807) is 6.92 Å². The Kier molecular flexibility index (Phi) is 3.26. The fraction of sp³-hybridized carbons (Fsp3) is 0.222. The number of urea groups is 1. The van der Waals surface area contributed by atoms with Crippen LogP contribution in [-0.2, 0) is 0 Å². The van der Waals surface area contributed by atoms with Gasteiger partial charge in [0.2, 0.25) is 0 Å². The van der Waals surface area contributed by atoms with Gasteiger partial charge in [0, 0.05) is 5.69 Å². The molecule has 0 fully saturated rings. The van der Waals surface area contributed by atoms with Crippen molar-refractivity contribution in [2.75, 3.05) is 5.32 Å². The molecule has 0 aliphatic heterocycles. The van der Waals surface area contributed by atoms with E-state index in [4.69, 9.17) is 5.11 Å². The second-order valence-corrected chi connectivity index (χ2v) is 3.08. The highest BCUT2D eigenvalue weighted by atomic mass is 19.4.